The standard InChI is InChI=1S/C17H10FNO2/c18-10-5-6-14-12(8-10)15(17(20)21)13-7-9-3-1-2-4-11(9)16(13)19-14/h1-6,8H,7H2,(H,20,21). The first-order valence-electron chi connectivity index (χ1n) is 6.59. The van der Waals surface area contributed by atoms with Crippen molar-refractivity contribution >= 4 is 16.9 Å². The van der Waals surface area contributed by atoms with Crippen LogP contribution in [0.1, 0.15) is 21.5 Å². The van der Waals surface area contributed by atoms with E-state index in [0.717, 1.165) is 11.1 Å². The number of hydrogen-bond donors (Lipinski definition) is 1. The average molecular weight is 279 g/mol. The first-order valence-corrected chi connectivity index (χ1v) is 6.59. The molecule has 1 aliphatic carbocycles. The summed E-state index contributed by atoms with van der Waals surface area (Å²) in [5.74, 6) is -1.50. The second-order valence-electron chi connectivity index (χ2n) is 5.11. The molecular weight excluding hydrogens is 269 g/mol. The molecular formula is C17H10FNO2. The van der Waals surface area contributed by atoms with E-state index in [4.69, 9.17) is 0 Å². The van der Waals surface area contributed by atoms with Gasteiger partial charge in [0.05, 0.1) is 16.8 Å². The van der Waals surface area contributed by atoms with Crippen LogP contribution in [-0.4, -0.2) is 16.1 Å². The molecule has 0 saturated carbocycles. The van der Waals surface area contributed by atoms with Crippen molar-refractivity contribution in [2.75, 3.05) is 0 Å². The first kappa shape index (κ1) is 12.0. The summed E-state index contributed by atoms with van der Waals surface area (Å²) in [4.78, 5) is 16.2. The fourth-order valence-electron chi connectivity index (χ4n) is 3.01. The summed E-state index contributed by atoms with van der Waals surface area (Å²) in [6.07, 6.45) is 0.520. The summed E-state index contributed by atoms with van der Waals surface area (Å²) in [5, 5.41) is 9.92. The molecule has 4 rings (SSSR count). The Kier molecular flexibility index (Phi) is 2.36. The van der Waals surface area contributed by atoms with Crippen LogP contribution in [0.4, 0.5) is 4.39 Å². The maximum absolute atomic E-state index is 13.5. The van der Waals surface area contributed by atoms with Crippen LogP contribution in [0.15, 0.2) is 42.5 Å². The van der Waals surface area contributed by atoms with Crippen LogP contribution in [0.2, 0.25) is 0 Å². The van der Waals surface area contributed by atoms with Crippen LogP contribution in [0.25, 0.3) is 22.2 Å². The smallest absolute Gasteiger partial charge is 0.336 e. The summed E-state index contributed by atoms with van der Waals surface area (Å²) < 4.78 is 13.5. The summed E-state index contributed by atoms with van der Waals surface area (Å²) in [7, 11) is 0. The molecule has 1 aromatic heterocycles. The number of fused-ring (bicyclic) bond motifs is 4. The van der Waals surface area contributed by atoms with Gasteiger partial charge in [0.25, 0.3) is 0 Å². The molecule has 3 nitrogen and oxygen atoms in total. The molecule has 1 heterocycles. The SMILES string of the molecule is O=C(O)c1c2c(nc3ccc(F)cc13)-c1ccccc1C2. The van der Waals surface area contributed by atoms with Gasteiger partial charge in [0.2, 0.25) is 0 Å². The number of rotatable bonds is 1. The number of aromatic nitrogens is 1. The molecule has 0 bridgehead atoms. The van der Waals surface area contributed by atoms with Gasteiger partial charge in [-0.1, -0.05) is 24.3 Å². The highest BCUT2D eigenvalue weighted by molar-refractivity contribution is 6.06. The quantitative estimate of drug-likeness (QED) is 0.578. The van der Waals surface area contributed by atoms with E-state index in [9.17, 15) is 14.3 Å². The number of nitrogens with zero attached hydrogens (tertiary/aromatic N) is 1. The molecule has 2 aromatic carbocycles. The Morgan fingerprint density at radius 3 is 2.81 bits per heavy atom. The van der Waals surface area contributed by atoms with Crippen LogP contribution in [0.3, 0.4) is 0 Å². The van der Waals surface area contributed by atoms with E-state index in [1.165, 1.54) is 18.2 Å². The van der Waals surface area contributed by atoms with Gasteiger partial charge in [0.1, 0.15) is 5.82 Å². The molecule has 0 spiro atoms. The largest absolute Gasteiger partial charge is 0.478 e. The molecule has 3 aromatic rings. The summed E-state index contributed by atoms with van der Waals surface area (Å²) in [5.41, 5.74) is 4.04. The Morgan fingerprint density at radius 2 is 2.00 bits per heavy atom. The van der Waals surface area contributed by atoms with Crippen molar-refractivity contribution in [1.82, 2.24) is 4.98 Å². The summed E-state index contributed by atoms with van der Waals surface area (Å²) >= 11 is 0. The highest BCUT2D eigenvalue weighted by Gasteiger charge is 2.27. The highest BCUT2D eigenvalue weighted by Crippen LogP contribution is 2.39. The van der Waals surface area contributed by atoms with Crippen molar-refractivity contribution < 1.29 is 14.3 Å². The van der Waals surface area contributed by atoms with E-state index >= 15 is 0 Å². The van der Waals surface area contributed by atoms with Crippen molar-refractivity contribution in [3.63, 3.8) is 0 Å². The molecule has 0 saturated heterocycles. The fraction of sp³-hybridized carbons (Fsp3) is 0.0588. The number of carboxylic acid groups (broad SMARTS) is 1. The summed E-state index contributed by atoms with van der Waals surface area (Å²) in [6.45, 7) is 0. The van der Waals surface area contributed by atoms with Gasteiger partial charge in [-0.25, -0.2) is 14.2 Å². The number of carboxylic acids is 1. The van der Waals surface area contributed by atoms with E-state index < -0.39 is 11.8 Å². The van der Waals surface area contributed by atoms with Crippen molar-refractivity contribution in [3.8, 4) is 11.3 Å². The molecule has 1 N–H and O–H groups in total. The van der Waals surface area contributed by atoms with Crippen molar-refractivity contribution in [1.29, 1.82) is 0 Å². The van der Waals surface area contributed by atoms with Gasteiger partial charge in [-0.05, 0) is 29.3 Å². The molecule has 0 fully saturated rings. The number of pyridine rings is 1. The van der Waals surface area contributed by atoms with Crippen LogP contribution in [0.5, 0.6) is 0 Å². The van der Waals surface area contributed by atoms with Gasteiger partial charge < -0.3 is 5.11 Å². The molecule has 0 aliphatic heterocycles. The Labute approximate surface area is 119 Å². The highest BCUT2D eigenvalue weighted by atomic mass is 19.1. The Balaban J connectivity index is 2.15. The number of hydrogen-bond acceptors (Lipinski definition) is 2. The number of aromatic carboxylic acids is 1. The zero-order valence-electron chi connectivity index (χ0n) is 10.9. The molecule has 0 amide bonds. The van der Waals surface area contributed by atoms with E-state index in [1.54, 1.807) is 0 Å². The van der Waals surface area contributed by atoms with E-state index in [0.29, 0.717) is 28.6 Å². The fourth-order valence-corrected chi connectivity index (χ4v) is 3.01. The lowest BCUT2D eigenvalue weighted by molar-refractivity contribution is 0.0698. The lowest BCUT2D eigenvalue weighted by atomic mass is 10.0. The minimum Gasteiger partial charge on any atom is -0.478 e. The van der Waals surface area contributed by atoms with Gasteiger partial charge in [-0.15, -0.1) is 0 Å². The Bertz CT molecular complexity index is 918. The minimum absolute atomic E-state index is 0.158. The zero-order chi connectivity index (χ0) is 14.6. The van der Waals surface area contributed by atoms with Crippen molar-refractivity contribution in [2.45, 2.75) is 6.42 Å². The van der Waals surface area contributed by atoms with Gasteiger partial charge >= 0.3 is 5.97 Å². The van der Waals surface area contributed by atoms with Crippen LogP contribution in [0, 0.1) is 5.82 Å². The monoisotopic (exact) mass is 279 g/mol. The molecule has 0 unspecified atom stereocenters. The van der Waals surface area contributed by atoms with Gasteiger partial charge in [0, 0.05) is 17.4 Å². The lowest BCUT2D eigenvalue weighted by Gasteiger charge is -2.09. The van der Waals surface area contributed by atoms with E-state index in [2.05, 4.69) is 4.98 Å². The Morgan fingerprint density at radius 1 is 1.19 bits per heavy atom. The average Bonchev–Trinajstić information content (AvgIpc) is 2.82. The molecule has 102 valence electrons. The predicted molar refractivity (Wildman–Crippen MR) is 76.9 cm³/mol. The molecule has 1 aliphatic rings. The van der Waals surface area contributed by atoms with Gasteiger partial charge in [-0.2, -0.15) is 0 Å². The Hall–Kier alpha value is -2.75. The lowest BCUT2D eigenvalue weighted by Crippen LogP contribution is -2.05. The molecule has 0 atom stereocenters. The van der Waals surface area contributed by atoms with Gasteiger partial charge in [0.15, 0.2) is 0 Å². The summed E-state index contributed by atoms with van der Waals surface area (Å²) in [6, 6.07) is 11.8. The van der Waals surface area contributed by atoms with E-state index in [-0.39, 0.29) is 5.56 Å². The third-order valence-corrected chi connectivity index (χ3v) is 3.90. The van der Waals surface area contributed by atoms with Crippen molar-refractivity contribution in [2.24, 2.45) is 0 Å². The second-order valence-corrected chi connectivity index (χ2v) is 5.11. The maximum Gasteiger partial charge on any atom is 0.336 e. The van der Waals surface area contributed by atoms with Crippen LogP contribution < -0.4 is 0 Å². The topological polar surface area (TPSA) is 50.2 Å². The second kappa shape index (κ2) is 4.12. The zero-order valence-corrected chi connectivity index (χ0v) is 10.9. The first-order chi connectivity index (χ1) is 10.1. The van der Waals surface area contributed by atoms with E-state index in [1.807, 2.05) is 24.3 Å². The normalized spacial score (nSPS) is 12.2. The molecule has 21 heavy (non-hydrogen) atoms. The van der Waals surface area contributed by atoms with Crippen LogP contribution in [-0.2, 0) is 6.42 Å². The minimum atomic E-state index is -1.04. The third kappa shape index (κ3) is 1.65. The predicted octanol–water partition coefficient (Wildman–Crippen LogP) is 3.64. The number of halogens is 1. The maximum atomic E-state index is 13.5. The van der Waals surface area contributed by atoms with Crippen LogP contribution >= 0.6 is 0 Å². The number of carbonyl (C=O) groups is 1. The van der Waals surface area contributed by atoms with Gasteiger partial charge in [-0.3, -0.25) is 0 Å². The molecule has 0 radical (unpaired) electrons. The number of benzene rings is 2. The van der Waals surface area contributed by atoms with Crippen molar-refractivity contribution in [3.05, 3.63) is 65.0 Å². The third-order valence-electron chi connectivity index (χ3n) is 3.90. The molecule has 4 heteroatoms.